The van der Waals surface area contributed by atoms with E-state index in [-0.39, 0.29) is 18.0 Å². The Bertz CT molecular complexity index is 1420. The fraction of sp³-hybridized carbons (Fsp3) is 0.564. The van der Waals surface area contributed by atoms with Crippen molar-refractivity contribution < 1.29 is 38.1 Å². The van der Waals surface area contributed by atoms with Crippen molar-refractivity contribution in [1.82, 2.24) is 16.0 Å². The molecule has 0 atom stereocenters. The van der Waals surface area contributed by atoms with Gasteiger partial charge in [-0.25, -0.2) is 19.4 Å². The number of guanidine groups is 1. The second kappa shape index (κ2) is 20.9. The van der Waals surface area contributed by atoms with E-state index in [0.29, 0.717) is 35.8 Å². The summed E-state index contributed by atoms with van der Waals surface area (Å²) < 4.78 is 21.7. The van der Waals surface area contributed by atoms with Gasteiger partial charge in [-0.05, 0) is 124 Å². The van der Waals surface area contributed by atoms with Gasteiger partial charge in [-0.1, -0.05) is 38.5 Å². The smallest absolute Gasteiger partial charge is 0.414 e. The highest BCUT2D eigenvalue weighted by Gasteiger charge is 2.21. The number of carbonyl (C=O) groups is 4. The maximum Gasteiger partial charge on any atom is 0.414 e. The molecule has 0 unspecified atom stereocenters. The average Bonchev–Trinajstić information content (AvgIpc) is 2.99. The van der Waals surface area contributed by atoms with Gasteiger partial charge in [0, 0.05) is 18.7 Å². The first-order valence-corrected chi connectivity index (χ1v) is 18.0. The first kappa shape index (κ1) is 43.4. The summed E-state index contributed by atoms with van der Waals surface area (Å²) in [5.41, 5.74) is -0.872. The molecule has 0 aliphatic heterocycles. The lowest BCUT2D eigenvalue weighted by atomic mass is 10.1. The van der Waals surface area contributed by atoms with Gasteiger partial charge in [0.15, 0.2) is 0 Å². The standard InChI is InChI=1S/C39H59N5O8/c1-37(2,3)50-34(46)40-27-17-15-13-11-10-12-14-16-18-32(45)41-28-19-23-30(24-20-28)49-31-25-21-29(22-26-31)42-33(43-35(47)51-38(4,5)6)44-36(48)52-39(7,8)9/h19-26H,10-18,27H2,1-9H3,(H,40,46)(H,41,45)(H2,42,43,44,47,48). The van der Waals surface area contributed by atoms with Crippen LogP contribution < -0.4 is 26.0 Å². The zero-order chi connectivity index (χ0) is 38.8. The van der Waals surface area contributed by atoms with Gasteiger partial charge in [0.05, 0.1) is 5.69 Å². The Morgan fingerprint density at radius 1 is 0.558 bits per heavy atom. The number of nitrogens with zero attached hydrogens (tertiary/aromatic N) is 1. The maximum atomic E-state index is 12.4. The molecule has 2 rings (SSSR count). The van der Waals surface area contributed by atoms with Gasteiger partial charge in [0.25, 0.3) is 0 Å². The highest BCUT2D eigenvalue weighted by atomic mass is 16.6. The Balaban J connectivity index is 1.74. The summed E-state index contributed by atoms with van der Waals surface area (Å²) in [4.78, 5) is 53.2. The zero-order valence-electron chi connectivity index (χ0n) is 32.4. The molecule has 2 aromatic carbocycles. The van der Waals surface area contributed by atoms with E-state index in [0.717, 1.165) is 51.4 Å². The van der Waals surface area contributed by atoms with Crippen molar-refractivity contribution in [3.8, 4) is 11.5 Å². The Morgan fingerprint density at radius 3 is 1.46 bits per heavy atom. The van der Waals surface area contributed by atoms with Crippen molar-refractivity contribution in [2.45, 2.75) is 137 Å². The Morgan fingerprint density at radius 2 is 0.981 bits per heavy atom. The van der Waals surface area contributed by atoms with Gasteiger partial charge in [-0.3, -0.25) is 15.4 Å². The van der Waals surface area contributed by atoms with E-state index < -0.39 is 29.0 Å². The molecule has 2 aromatic rings. The van der Waals surface area contributed by atoms with Crippen molar-refractivity contribution in [3.63, 3.8) is 0 Å². The Hall–Kier alpha value is -4.81. The van der Waals surface area contributed by atoms with E-state index in [1.54, 1.807) is 90.1 Å². The van der Waals surface area contributed by atoms with Crippen molar-refractivity contribution >= 4 is 41.5 Å². The second-order valence-electron chi connectivity index (χ2n) is 15.4. The predicted molar refractivity (Wildman–Crippen MR) is 203 cm³/mol. The summed E-state index contributed by atoms with van der Waals surface area (Å²) >= 11 is 0. The second-order valence-corrected chi connectivity index (χ2v) is 15.4. The predicted octanol–water partition coefficient (Wildman–Crippen LogP) is 9.49. The third kappa shape index (κ3) is 21.4. The number of hydrogen-bond donors (Lipinski definition) is 4. The number of alkyl carbamates (subject to hydrolysis) is 3. The Kier molecular flexibility index (Phi) is 17.4. The molecule has 288 valence electrons. The summed E-state index contributed by atoms with van der Waals surface area (Å²) in [6, 6.07) is 13.8. The number of aliphatic imine (C=N–C) groups is 1. The highest BCUT2D eigenvalue weighted by molar-refractivity contribution is 6.02. The number of amides is 4. The van der Waals surface area contributed by atoms with Crippen molar-refractivity contribution in [2.75, 3.05) is 11.9 Å². The van der Waals surface area contributed by atoms with Gasteiger partial charge < -0.3 is 29.6 Å². The van der Waals surface area contributed by atoms with Gasteiger partial charge in [-0.2, -0.15) is 0 Å². The summed E-state index contributed by atoms with van der Waals surface area (Å²) in [5.74, 6) is 0.925. The quantitative estimate of drug-likeness (QED) is 0.0610. The molecule has 0 fully saturated rings. The molecule has 0 saturated heterocycles. The monoisotopic (exact) mass is 725 g/mol. The fourth-order valence-corrected chi connectivity index (χ4v) is 4.55. The number of hydrogen-bond acceptors (Lipinski definition) is 9. The summed E-state index contributed by atoms with van der Waals surface area (Å²) in [7, 11) is 0. The number of ether oxygens (including phenoxy) is 4. The molecular weight excluding hydrogens is 666 g/mol. The molecule has 0 spiro atoms. The van der Waals surface area contributed by atoms with E-state index in [1.165, 1.54) is 0 Å². The maximum absolute atomic E-state index is 12.4. The lowest BCUT2D eigenvalue weighted by Crippen LogP contribution is -2.47. The van der Waals surface area contributed by atoms with Crippen LogP contribution in [0.5, 0.6) is 11.5 Å². The Labute approximate surface area is 309 Å². The summed E-state index contributed by atoms with van der Waals surface area (Å²) in [6.07, 6.45) is 6.87. The molecule has 0 aliphatic rings. The SMILES string of the molecule is CC(C)(C)OC(=O)NCCCCCCCCCCC(=O)Nc1ccc(Oc2ccc(N=C(NC(=O)OC(C)(C)C)NC(=O)OC(C)(C)C)cc2)cc1. The van der Waals surface area contributed by atoms with E-state index in [9.17, 15) is 19.2 Å². The fourth-order valence-electron chi connectivity index (χ4n) is 4.55. The molecule has 0 bridgehead atoms. The van der Waals surface area contributed by atoms with E-state index in [2.05, 4.69) is 26.3 Å². The zero-order valence-corrected chi connectivity index (χ0v) is 32.4. The number of anilines is 1. The molecular formula is C39H59N5O8. The van der Waals surface area contributed by atoms with Crippen LogP contribution in [0.3, 0.4) is 0 Å². The molecule has 4 N–H and O–H groups in total. The molecule has 13 nitrogen and oxygen atoms in total. The average molecular weight is 726 g/mol. The molecule has 52 heavy (non-hydrogen) atoms. The van der Waals surface area contributed by atoms with Gasteiger partial charge >= 0.3 is 18.3 Å². The minimum Gasteiger partial charge on any atom is -0.457 e. The van der Waals surface area contributed by atoms with Crippen molar-refractivity contribution in [2.24, 2.45) is 4.99 Å². The minimum absolute atomic E-state index is 0.0241. The van der Waals surface area contributed by atoms with Crippen LogP contribution in [0.25, 0.3) is 0 Å². The lowest BCUT2D eigenvalue weighted by molar-refractivity contribution is -0.116. The van der Waals surface area contributed by atoms with Crippen LogP contribution in [-0.4, -0.2) is 53.5 Å². The minimum atomic E-state index is -0.788. The van der Waals surface area contributed by atoms with Crippen LogP contribution in [0.15, 0.2) is 53.5 Å². The molecule has 0 radical (unpaired) electrons. The topological polar surface area (TPSA) is 166 Å². The van der Waals surface area contributed by atoms with Crippen LogP contribution in [-0.2, 0) is 19.0 Å². The molecule has 4 amide bonds. The van der Waals surface area contributed by atoms with E-state index >= 15 is 0 Å². The van der Waals surface area contributed by atoms with Crippen molar-refractivity contribution in [3.05, 3.63) is 48.5 Å². The number of rotatable bonds is 15. The van der Waals surface area contributed by atoms with Crippen LogP contribution in [0.1, 0.15) is 120 Å². The van der Waals surface area contributed by atoms with Crippen LogP contribution >= 0.6 is 0 Å². The van der Waals surface area contributed by atoms with Gasteiger partial charge in [-0.15, -0.1) is 0 Å². The number of benzene rings is 2. The highest BCUT2D eigenvalue weighted by Crippen LogP contribution is 2.25. The van der Waals surface area contributed by atoms with Gasteiger partial charge in [0.2, 0.25) is 11.9 Å². The molecule has 13 heteroatoms. The normalized spacial score (nSPS) is 11.5. The number of carbonyl (C=O) groups excluding carboxylic acids is 4. The molecule has 0 aromatic heterocycles. The molecule has 0 aliphatic carbocycles. The third-order valence-electron chi connectivity index (χ3n) is 6.69. The number of unbranched alkanes of at least 4 members (excludes halogenated alkanes) is 7. The first-order valence-electron chi connectivity index (χ1n) is 18.0. The van der Waals surface area contributed by atoms with Crippen LogP contribution in [0, 0.1) is 0 Å². The van der Waals surface area contributed by atoms with Crippen LogP contribution in [0.2, 0.25) is 0 Å². The van der Waals surface area contributed by atoms with Crippen molar-refractivity contribution in [1.29, 1.82) is 0 Å². The largest absolute Gasteiger partial charge is 0.457 e. The molecule has 0 heterocycles. The number of nitrogens with one attached hydrogen (secondary N) is 4. The van der Waals surface area contributed by atoms with Crippen LogP contribution in [0.4, 0.5) is 25.8 Å². The summed E-state index contributed by atoms with van der Waals surface area (Å²) in [5, 5.41) is 10.6. The summed E-state index contributed by atoms with van der Waals surface area (Å²) in [6.45, 7) is 16.5. The molecule has 0 saturated carbocycles. The van der Waals surface area contributed by atoms with E-state index in [4.69, 9.17) is 18.9 Å². The van der Waals surface area contributed by atoms with Gasteiger partial charge in [0.1, 0.15) is 28.3 Å². The first-order chi connectivity index (χ1) is 24.3. The third-order valence-corrected chi connectivity index (χ3v) is 6.69. The lowest BCUT2D eigenvalue weighted by Gasteiger charge is -2.22. The van der Waals surface area contributed by atoms with E-state index in [1.807, 2.05) is 20.8 Å².